The number of hydrogen-bond donors (Lipinski definition) is 0. The predicted molar refractivity (Wildman–Crippen MR) is 99.5 cm³/mol. The molecule has 0 heterocycles. The Morgan fingerprint density at radius 3 is 2.10 bits per heavy atom. The fourth-order valence-corrected chi connectivity index (χ4v) is 3.41. The molecule has 0 aliphatic heterocycles. The maximum absolute atomic E-state index is 14.2. The highest BCUT2D eigenvalue weighted by atomic mass is 19.4. The second-order valence-corrected chi connectivity index (χ2v) is 6.86. The highest BCUT2D eigenvalue weighted by Gasteiger charge is 2.57. The van der Waals surface area contributed by atoms with Gasteiger partial charge in [-0.25, -0.2) is 5.06 Å². The summed E-state index contributed by atoms with van der Waals surface area (Å²) in [5, 5.41) is 0.973. The van der Waals surface area contributed by atoms with Crippen molar-refractivity contribution in [2.24, 2.45) is 5.92 Å². The smallest absolute Gasteiger partial charge is 0.319 e. The van der Waals surface area contributed by atoms with Crippen LogP contribution in [0.1, 0.15) is 28.4 Å². The van der Waals surface area contributed by atoms with Gasteiger partial charge in [0, 0.05) is 18.7 Å². The summed E-state index contributed by atoms with van der Waals surface area (Å²) in [4.78, 5) is 31.2. The number of benzene rings is 2. The van der Waals surface area contributed by atoms with Crippen molar-refractivity contribution in [2.75, 3.05) is 14.2 Å². The van der Waals surface area contributed by atoms with E-state index in [0.29, 0.717) is 0 Å². The molecule has 2 aromatic rings. The maximum Gasteiger partial charge on any atom is 0.413 e. The van der Waals surface area contributed by atoms with Crippen LogP contribution in [-0.4, -0.2) is 48.2 Å². The van der Waals surface area contributed by atoms with Crippen molar-refractivity contribution in [1.29, 1.82) is 0 Å². The van der Waals surface area contributed by atoms with Gasteiger partial charge in [0.05, 0.1) is 13.0 Å². The molecular weight excluding hydrogens is 385 g/mol. The Hall–Kier alpha value is -2.87. The minimum absolute atomic E-state index is 0.0533. The second-order valence-electron chi connectivity index (χ2n) is 6.86. The van der Waals surface area contributed by atoms with E-state index in [1.54, 1.807) is 24.3 Å². The lowest BCUT2D eigenvalue weighted by Gasteiger charge is -2.34. The van der Waals surface area contributed by atoms with Crippen molar-refractivity contribution in [2.45, 2.75) is 24.7 Å². The number of hydroxylamine groups is 2. The zero-order valence-electron chi connectivity index (χ0n) is 16.0. The van der Waals surface area contributed by atoms with Crippen LogP contribution in [0.25, 0.3) is 0 Å². The van der Waals surface area contributed by atoms with Gasteiger partial charge in [-0.2, -0.15) is 13.2 Å². The highest BCUT2D eigenvalue weighted by molar-refractivity contribution is 5.96. The van der Waals surface area contributed by atoms with E-state index in [1.807, 2.05) is 0 Å². The summed E-state index contributed by atoms with van der Waals surface area (Å²) in [5.41, 5.74) is 0.0818. The Labute approximate surface area is 166 Å². The molecule has 1 saturated carbocycles. The second kappa shape index (κ2) is 8.24. The van der Waals surface area contributed by atoms with Gasteiger partial charge in [-0.3, -0.25) is 14.4 Å². The van der Waals surface area contributed by atoms with Crippen LogP contribution >= 0.6 is 0 Å². The van der Waals surface area contributed by atoms with E-state index >= 15 is 0 Å². The van der Waals surface area contributed by atoms with Crippen molar-refractivity contribution in [3.63, 3.8) is 0 Å². The summed E-state index contributed by atoms with van der Waals surface area (Å²) in [6.07, 6.45) is -4.57. The van der Waals surface area contributed by atoms with E-state index in [9.17, 15) is 22.8 Å². The van der Waals surface area contributed by atoms with Crippen LogP contribution in [0.4, 0.5) is 13.2 Å². The first-order valence-corrected chi connectivity index (χ1v) is 9.06. The van der Waals surface area contributed by atoms with E-state index in [4.69, 9.17) is 4.84 Å². The number of carbonyl (C=O) groups excluding carboxylic acids is 2. The summed E-state index contributed by atoms with van der Waals surface area (Å²) in [6.45, 7) is 0. The molecule has 1 aliphatic rings. The maximum atomic E-state index is 14.2. The number of rotatable bonds is 6. The molecule has 2 amide bonds. The molecule has 3 rings (SSSR count). The van der Waals surface area contributed by atoms with E-state index in [2.05, 4.69) is 0 Å². The fourth-order valence-electron chi connectivity index (χ4n) is 3.41. The monoisotopic (exact) mass is 406 g/mol. The van der Waals surface area contributed by atoms with E-state index in [1.165, 1.54) is 50.6 Å². The van der Waals surface area contributed by atoms with Gasteiger partial charge in [0.2, 0.25) is 0 Å². The molecule has 0 N–H and O–H groups in total. The minimum atomic E-state index is -4.71. The molecule has 0 saturated heterocycles. The van der Waals surface area contributed by atoms with Crippen LogP contribution in [0.5, 0.6) is 0 Å². The number of hydrogen-bond acceptors (Lipinski definition) is 3. The summed E-state index contributed by atoms with van der Waals surface area (Å²) in [7, 11) is 2.68. The summed E-state index contributed by atoms with van der Waals surface area (Å²) in [5.74, 6) is -1.98. The van der Waals surface area contributed by atoms with E-state index in [-0.39, 0.29) is 17.5 Å². The normalized spacial score (nSPS) is 19.3. The fraction of sp³-hybridized carbons (Fsp3) is 0.333. The number of amides is 2. The van der Waals surface area contributed by atoms with E-state index < -0.39 is 36.0 Å². The van der Waals surface area contributed by atoms with Gasteiger partial charge >= 0.3 is 6.18 Å². The summed E-state index contributed by atoms with van der Waals surface area (Å²) in [6, 6.07) is 12.0. The van der Waals surface area contributed by atoms with Gasteiger partial charge in [-0.1, -0.05) is 48.5 Å². The molecule has 0 bridgehead atoms. The van der Waals surface area contributed by atoms with Crippen LogP contribution in [0.3, 0.4) is 0 Å². The third-order valence-corrected chi connectivity index (χ3v) is 4.97. The Bertz CT molecular complexity index is 858. The molecule has 29 heavy (non-hydrogen) atoms. The first-order chi connectivity index (χ1) is 13.8. The van der Waals surface area contributed by atoms with Gasteiger partial charge in [-0.15, -0.1) is 0 Å². The predicted octanol–water partition coefficient (Wildman–Crippen LogP) is 3.84. The molecule has 3 unspecified atom stereocenters. The van der Waals surface area contributed by atoms with Gasteiger partial charge in [0.1, 0.15) is 0 Å². The van der Waals surface area contributed by atoms with Gasteiger partial charge < -0.3 is 4.90 Å². The topological polar surface area (TPSA) is 49.9 Å². The lowest BCUT2D eigenvalue weighted by molar-refractivity contribution is -0.183. The average molecular weight is 406 g/mol. The minimum Gasteiger partial charge on any atom is -0.319 e. The SMILES string of the molecule is CON(C)C(=O)C1CC1N(C(=O)c1ccccc1)C(c1ccccc1)C(F)(F)F. The van der Waals surface area contributed by atoms with Gasteiger partial charge in [0.25, 0.3) is 11.8 Å². The third kappa shape index (κ3) is 4.42. The Morgan fingerprint density at radius 1 is 1.03 bits per heavy atom. The van der Waals surface area contributed by atoms with Crippen LogP contribution in [0, 0.1) is 5.92 Å². The van der Waals surface area contributed by atoms with Crippen molar-refractivity contribution in [3.05, 3.63) is 71.8 Å². The van der Waals surface area contributed by atoms with Crippen molar-refractivity contribution in [3.8, 4) is 0 Å². The van der Waals surface area contributed by atoms with Crippen LogP contribution in [0.15, 0.2) is 60.7 Å². The van der Waals surface area contributed by atoms with Crippen LogP contribution in [-0.2, 0) is 9.63 Å². The Balaban J connectivity index is 2.03. The molecule has 1 fully saturated rings. The molecule has 3 atom stereocenters. The van der Waals surface area contributed by atoms with Crippen molar-refractivity contribution >= 4 is 11.8 Å². The highest BCUT2D eigenvalue weighted by Crippen LogP contribution is 2.47. The molecule has 8 heteroatoms. The van der Waals surface area contributed by atoms with Gasteiger partial charge in [0.15, 0.2) is 6.04 Å². The standard InChI is InChI=1S/C21H21F3N2O3/c1-25(29-2)20(28)16-13-17(16)26(19(27)15-11-7-4-8-12-15)18(21(22,23)24)14-9-5-3-6-10-14/h3-12,16-18H,13H2,1-2H3. The van der Waals surface area contributed by atoms with Crippen molar-refractivity contribution in [1.82, 2.24) is 9.96 Å². The van der Waals surface area contributed by atoms with Crippen molar-refractivity contribution < 1.29 is 27.6 Å². The molecule has 0 radical (unpaired) electrons. The molecule has 1 aliphatic carbocycles. The molecule has 0 spiro atoms. The average Bonchev–Trinajstić information content (AvgIpc) is 3.51. The van der Waals surface area contributed by atoms with Crippen LogP contribution in [0.2, 0.25) is 0 Å². The molecular formula is C21H21F3N2O3. The summed E-state index contributed by atoms with van der Waals surface area (Å²) < 4.78 is 42.5. The lowest BCUT2D eigenvalue weighted by Crippen LogP contribution is -2.45. The molecule has 5 nitrogen and oxygen atoms in total. The molecule has 154 valence electrons. The largest absolute Gasteiger partial charge is 0.413 e. The molecule has 0 aromatic heterocycles. The third-order valence-electron chi connectivity index (χ3n) is 4.97. The summed E-state index contributed by atoms with van der Waals surface area (Å²) >= 11 is 0. The lowest BCUT2D eigenvalue weighted by atomic mass is 10.0. The quantitative estimate of drug-likeness (QED) is 0.685. The van der Waals surface area contributed by atoms with E-state index in [0.717, 1.165) is 9.96 Å². The number of halogens is 3. The first-order valence-electron chi connectivity index (χ1n) is 9.06. The van der Waals surface area contributed by atoms with Gasteiger partial charge in [-0.05, 0) is 24.1 Å². The first kappa shape index (κ1) is 20.9. The zero-order valence-corrected chi connectivity index (χ0v) is 16.0. The molecule has 2 aromatic carbocycles. The zero-order chi connectivity index (χ0) is 21.2. The number of carbonyl (C=O) groups is 2. The number of alkyl halides is 3. The van der Waals surface area contributed by atoms with Crippen LogP contribution < -0.4 is 0 Å². The number of nitrogens with zero attached hydrogens (tertiary/aromatic N) is 2. The Kier molecular flexibility index (Phi) is 5.93. The Morgan fingerprint density at radius 2 is 1.59 bits per heavy atom.